The summed E-state index contributed by atoms with van der Waals surface area (Å²) in [5.74, 6) is -0.532. The van der Waals surface area contributed by atoms with Crippen LogP contribution in [0.3, 0.4) is 0 Å². The second-order valence-electron chi connectivity index (χ2n) is 4.33. The van der Waals surface area contributed by atoms with Crippen LogP contribution in [0.1, 0.15) is 16.7 Å². The highest BCUT2D eigenvalue weighted by Crippen LogP contribution is 2.21. The van der Waals surface area contributed by atoms with Gasteiger partial charge in [0, 0.05) is 5.56 Å². The molecule has 0 unspecified atom stereocenters. The molecule has 0 bridgehead atoms. The van der Waals surface area contributed by atoms with Crippen molar-refractivity contribution in [3.8, 4) is 0 Å². The number of allylic oxidation sites excluding steroid dienone is 1. The van der Waals surface area contributed by atoms with E-state index in [9.17, 15) is 4.39 Å². The minimum Gasteiger partial charge on any atom is -0.396 e. The van der Waals surface area contributed by atoms with Crippen LogP contribution in [0.15, 0.2) is 55.1 Å². The number of anilines is 1. The van der Waals surface area contributed by atoms with Crippen molar-refractivity contribution in [1.29, 1.82) is 5.41 Å². The summed E-state index contributed by atoms with van der Waals surface area (Å²) < 4.78 is 13.7. The first-order valence-corrected chi connectivity index (χ1v) is 6.15. The molecule has 20 heavy (non-hydrogen) atoms. The Labute approximate surface area is 117 Å². The van der Waals surface area contributed by atoms with Crippen molar-refractivity contribution >= 4 is 23.6 Å². The Morgan fingerprint density at radius 3 is 2.50 bits per heavy atom. The Morgan fingerprint density at radius 1 is 1.15 bits per heavy atom. The van der Waals surface area contributed by atoms with Gasteiger partial charge in [0.2, 0.25) is 0 Å². The molecule has 0 aliphatic rings. The summed E-state index contributed by atoms with van der Waals surface area (Å²) in [5, 5.41) is 8.02. The zero-order valence-corrected chi connectivity index (χ0v) is 10.9. The van der Waals surface area contributed by atoms with Crippen LogP contribution in [-0.2, 0) is 0 Å². The van der Waals surface area contributed by atoms with Gasteiger partial charge in [0.15, 0.2) is 0 Å². The van der Waals surface area contributed by atoms with Crippen LogP contribution in [0.5, 0.6) is 0 Å². The average Bonchev–Trinajstić information content (AvgIpc) is 2.48. The first-order valence-electron chi connectivity index (χ1n) is 6.15. The van der Waals surface area contributed by atoms with E-state index in [4.69, 9.17) is 11.1 Å². The van der Waals surface area contributed by atoms with Gasteiger partial charge in [-0.3, -0.25) is 0 Å². The van der Waals surface area contributed by atoms with Crippen molar-refractivity contribution in [1.82, 2.24) is 0 Å². The highest BCUT2D eigenvalue weighted by molar-refractivity contribution is 6.12. The molecule has 2 aromatic carbocycles. The fourth-order valence-corrected chi connectivity index (χ4v) is 1.81. The lowest BCUT2D eigenvalue weighted by atomic mass is 10.0. The number of benzene rings is 2. The second-order valence-corrected chi connectivity index (χ2v) is 4.33. The van der Waals surface area contributed by atoms with E-state index in [1.54, 1.807) is 18.2 Å². The number of nitrogens with two attached hydrogens (primary N) is 1. The van der Waals surface area contributed by atoms with E-state index < -0.39 is 5.82 Å². The summed E-state index contributed by atoms with van der Waals surface area (Å²) in [6.45, 7) is 3.60. The largest absolute Gasteiger partial charge is 0.396 e. The summed E-state index contributed by atoms with van der Waals surface area (Å²) >= 11 is 0. The minimum absolute atomic E-state index is 0.0155. The maximum atomic E-state index is 13.7. The molecular weight excluding hydrogens is 251 g/mol. The third kappa shape index (κ3) is 3.01. The molecule has 2 rings (SSSR count). The van der Waals surface area contributed by atoms with Gasteiger partial charge in [0.1, 0.15) is 5.82 Å². The van der Waals surface area contributed by atoms with E-state index in [0.717, 1.165) is 5.56 Å². The Morgan fingerprint density at radius 2 is 1.85 bits per heavy atom. The molecule has 2 aromatic rings. The van der Waals surface area contributed by atoms with Crippen molar-refractivity contribution < 1.29 is 4.39 Å². The van der Waals surface area contributed by atoms with Gasteiger partial charge in [-0.2, -0.15) is 0 Å². The smallest absolute Gasteiger partial charge is 0.147 e. The molecule has 0 spiro atoms. The Balaban J connectivity index is 2.32. The van der Waals surface area contributed by atoms with Crippen LogP contribution in [0.2, 0.25) is 0 Å². The van der Waals surface area contributed by atoms with E-state index in [2.05, 4.69) is 6.58 Å². The molecule has 0 saturated heterocycles. The van der Waals surface area contributed by atoms with Crippen molar-refractivity contribution in [2.75, 3.05) is 5.73 Å². The predicted molar refractivity (Wildman–Crippen MR) is 83.2 cm³/mol. The molecule has 0 fully saturated rings. The number of nitrogens with one attached hydrogen (secondary N) is 1. The first kappa shape index (κ1) is 13.7. The quantitative estimate of drug-likeness (QED) is 0.634. The number of hydrogen-bond acceptors (Lipinski definition) is 2. The molecule has 0 aliphatic carbocycles. The molecule has 0 aromatic heterocycles. The Bertz CT molecular complexity index is 673. The van der Waals surface area contributed by atoms with Gasteiger partial charge in [-0.25, -0.2) is 4.39 Å². The SMILES string of the molecule is C=Cc1cc(F)c(N)c(C(=N)/C=C/c2ccccc2)c1. The standard InChI is InChI=1S/C17H15FN2/c1-2-12-10-14(17(20)15(18)11-12)16(19)9-8-13-6-4-3-5-7-13/h2-11,19H,1,20H2/b9-8+,19-16?. The number of rotatable bonds is 4. The predicted octanol–water partition coefficient (Wildman–Crippen LogP) is 4.13. The summed E-state index contributed by atoms with van der Waals surface area (Å²) in [6.07, 6.45) is 4.92. The van der Waals surface area contributed by atoms with E-state index in [-0.39, 0.29) is 11.4 Å². The highest BCUT2D eigenvalue weighted by atomic mass is 19.1. The molecule has 0 saturated carbocycles. The van der Waals surface area contributed by atoms with E-state index in [0.29, 0.717) is 11.1 Å². The monoisotopic (exact) mass is 266 g/mol. The Kier molecular flexibility index (Phi) is 4.11. The maximum absolute atomic E-state index is 13.7. The van der Waals surface area contributed by atoms with Crippen molar-refractivity contribution in [2.24, 2.45) is 0 Å². The van der Waals surface area contributed by atoms with E-state index in [1.807, 2.05) is 30.3 Å². The molecule has 0 radical (unpaired) electrons. The topological polar surface area (TPSA) is 49.9 Å². The Hall–Kier alpha value is -2.68. The van der Waals surface area contributed by atoms with Crippen LogP contribution in [0, 0.1) is 11.2 Å². The lowest BCUT2D eigenvalue weighted by molar-refractivity contribution is 0.632. The van der Waals surface area contributed by atoms with Crippen molar-refractivity contribution in [3.63, 3.8) is 0 Å². The van der Waals surface area contributed by atoms with Gasteiger partial charge in [0.05, 0.1) is 11.4 Å². The number of hydrogen-bond donors (Lipinski definition) is 2. The summed E-state index contributed by atoms with van der Waals surface area (Å²) in [7, 11) is 0. The lowest BCUT2D eigenvalue weighted by Crippen LogP contribution is -2.04. The van der Waals surface area contributed by atoms with Crippen LogP contribution in [-0.4, -0.2) is 5.71 Å². The van der Waals surface area contributed by atoms with Crippen molar-refractivity contribution in [2.45, 2.75) is 0 Å². The second kappa shape index (κ2) is 5.97. The van der Waals surface area contributed by atoms with Crippen LogP contribution in [0.4, 0.5) is 10.1 Å². The van der Waals surface area contributed by atoms with Gasteiger partial charge in [-0.1, -0.05) is 49.1 Å². The first-order chi connectivity index (χ1) is 9.61. The fourth-order valence-electron chi connectivity index (χ4n) is 1.81. The molecule has 2 nitrogen and oxygen atoms in total. The van der Waals surface area contributed by atoms with Gasteiger partial charge in [-0.15, -0.1) is 0 Å². The molecule has 3 N–H and O–H groups in total. The van der Waals surface area contributed by atoms with Gasteiger partial charge < -0.3 is 11.1 Å². The third-order valence-corrected chi connectivity index (χ3v) is 2.92. The molecule has 100 valence electrons. The van der Waals surface area contributed by atoms with Gasteiger partial charge >= 0.3 is 0 Å². The third-order valence-electron chi connectivity index (χ3n) is 2.92. The molecule has 0 atom stereocenters. The van der Waals surface area contributed by atoms with Crippen molar-refractivity contribution in [3.05, 3.63) is 77.6 Å². The summed E-state index contributed by atoms with van der Waals surface area (Å²) in [6, 6.07) is 12.6. The number of nitrogen functional groups attached to an aromatic ring is 1. The van der Waals surface area contributed by atoms with Gasteiger partial charge in [0.25, 0.3) is 0 Å². The lowest BCUT2D eigenvalue weighted by Gasteiger charge is -2.07. The zero-order valence-electron chi connectivity index (χ0n) is 10.9. The van der Waals surface area contributed by atoms with Crippen LogP contribution >= 0.6 is 0 Å². The average molecular weight is 266 g/mol. The minimum atomic E-state index is -0.532. The molecule has 3 heteroatoms. The summed E-state index contributed by atoms with van der Waals surface area (Å²) in [4.78, 5) is 0. The van der Waals surface area contributed by atoms with Gasteiger partial charge in [-0.05, 0) is 29.3 Å². The normalized spacial score (nSPS) is 10.7. The fraction of sp³-hybridized carbons (Fsp3) is 0. The van der Waals surface area contributed by atoms with E-state index >= 15 is 0 Å². The molecule has 0 amide bonds. The zero-order chi connectivity index (χ0) is 14.5. The maximum Gasteiger partial charge on any atom is 0.147 e. The van der Waals surface area contributed by atoms with Crippen LogP contribution < -0.4 is 5.73 Å². The highest BCUT2D eigenvalue weighted by Gasteiger charge is 2.09. The number of halogens is 1. The molecular formula is C17H15FN2. The van der Waals surface area contributed by atoms with E-state index in [1.165, 1.54) is 12.1 Å². The molecule has 0 aliphatic heterocycles. The summed E-state index contributed by atoms with van der Waals surface area (Å²) in [5.41, 5.74) is 7.78. The van der Waals surface area contributed by atoms with Crippen LogP contribution in [0.25, 0.3) is 12.2 Å². The molecule has 0 heterocycles.